The van der Waals surface area contributed by atoms with Crippen molar-refractivity contribution in [3.05, 3.63) is 53.9 Å². The molecule has 0 aliphatic carbocycles. The van der Waals surface area contributed by atoms with Crippen molar-refractivity contribution in [3.63, 3.8) is 0 Å². The Hall–Kier alpha value is -3.22. The molecular formula is C17H16N4O3. The Labute approximate surface area is 138 Å². The van der Waals surface area contributed by atoms with Gasteiger partial charge in [-0.1, -0.05) is 6.07 Å². The van der Waals surface area contributed by atoms with E-state index in [4.69, 9.17) is 4.74 Å². The molecule has 7 heteroatoms. The number of fused-ring (bicyclic) bond motifs is 1. The van der Waals surface area contributed by atoms with Crippen LogP contribution in [0.1, 0.15) is 23.0 Å². The Morgan fingerprint density at radius 2 is 2.12 bits per heavy atom. The van der Waals surface area contributed by atoms with Gasteiger partial charge in [-0.05, 0) is 49.7 Å². The number of aromatic hydroxyl groups is 1. The number of hydrogen-bond donors (Lipinski definition) is 1. The number of aromatic nitrogens is 2. The Balaban J connectivity index is 2.08. The number of ether oxygens (including phenoxy) is 1. The predicted molar refractivity (Wildman–Crippen MR) is 88.2 cm³/mol. The molecule has 0 fully saturated rings. The topological polar surface area (TPSA) is 88.5 Å². The quantitative estimate of drug-likeness (QED) is 0.581. The fourth-order valence-electron chi connectivity index (χ4n) is 2.27. The highest BCUT2D eigenvalue weighted by Gasteiger charge is 2.20. The van der Waals surface area contributed by atoms with E-state index in [2.05, 4.69) is 15.2 Å². The number of hydrogen-bond acceptors (Lipinski definition) is 6. The third-order valence-corrected chi connectivity index (χ3v) is 3.41. The van der Waals surface area contributed by atoms with Crippen molar-refractivity contribution in [3.8, 4) is 5.75 Å². The molecule has 0 saturated carbocycles. The van der Waals surface area contributed by atoms with E-state index in [1.165, 1.54) is 6.07 Å². The molecular weight excluding hydrogens is 308 g/mol. The van der Waals surface area contributed by atoms with Gasteiger partial charge in [0.2, 0.25) is 0 Å². The molecule has 3 aromatic rings. The third kappa shape index (κ3) is 2.96. The molecule has 1 aromatic carbocycles. The van der Waals surface area contributed by atoms with E-state index in [1.807, 2.05) is 19.1 Å². The van der Waals surface area contributed by atoms with Crippen LogP contribution < -0.4 is 0 Å². The van der Waals surface area contributed by atoms with Gasteiger partial charge in [-0.15, -0.1) is 10.2 Å². The molecule has 2 aromatic heterocycles. The van der Waals surface area contributed by atoms with Gasteiger partial charge in [-0.2, -0.15) is 0 Å². The smallest absolute Gasteiger partial charge is 0.360 e. The van der Waals surface area contributed by atoms with Crippen LogP contribution >= 0.6 is 0 Å². The van der Waals surface area contributed by atoms with E-state index in [1.54, 1.807) is 35.7 Å². The van der Waals surface area contributed by atoms with E-state index in [0.29, 0.717) is 17.2 Å². The van der Waals surface area contributed by atoms with Crippen molar-refractivity contribution >= 4 is 23.1 Å². The van der Waals surface area contributed by atoms with Crippen LogP contribution in [0, 0.1) is 6.92 Å². The summed E-state index contributed by atoms with van der Waals surface area (Å²) in [5, 5.41) is 17.8. The maximum Gasteiger partial charge on any atom is 0.360 e. The molecule has 0 aliphatic heterocycles. The lowest BCUT2D eigenvalue weighted by atomic mass is 10.2. The molecule has 1 N–H and O–H groups in total. The third-order valence-electron chi connectivity index (χ3n) is 3.41. The van der Waals surface area contributed by atoms with Gasteiger partial charge in [-0.3, -0.25) is 4.40 Å². The van der Waals surface area contributed by atoms with Crippen molar-refractivity contribution < 1.29 is 14.6 Å². The van der Waals surface area contributed by atoms with Gasteiger partial charge in [0.15, 0.2) is 11.5 Å². The summed E-state index contributed by atoms with van der Waals surface area (Å²) >= 11 is 0. The molecule has 0 saturated heterocycles. The molecule has 0 bridgehead atoms. The molecule has 0 atom stereocenters. The predicted octanol–water partition coefficient (Wildman–Crippen LogP) is 3.94. The summed E-state index contributed by atoms with van der Waals surface area (Å²) < 4.78 is 6.71. The largest absolute Gasteiger partial charge is 0.508 e. The number of azo groups is 1. The number of imidazole rings is 1. The van der Waals surface area contributed by atoms with Crippen LogP contribution in [-0.4, -0.2) is 27.1 Å². The second-order valence-corrected chi connectivity index (χ2v) is 5.10. The summed E-state index contributed by atoms with van der Waals surface area (Å²) in [7, 11) is 0. The first kappa shape index (κ1) is 15.7. The molecule has 0 unspecified atom stereocenters. The fourth-order valence-corrected chi connectivity index (χ4v) is 2.27. The van der Waals surface area contributed by atoms with Crippen LogP contribution in [0.4, 0.5) is 11.5 Å². The summed E-state index contributed by atoms with van der Waals surface area (Å²) in [6, 6.07) is 10.2. The summed E-state index contributed by atoms with van der Waals surface area (Å²) in [5.41, 5.74) is 2.05. The Morgan fingerprint density at radius 3 is 2.88 bits per heavy atom. The van der Waals surface area contributed by atoms with Crippen molar-refractivity contribution in [2.75, 3.05) is 6.61 Å². The van der Waals surface area contributed by atoms with Crippen molar-refractivity contribution in [1.29, 1.82) is 0 Å². The van der Waals surface area contributed by atoms with Gasteiger partial charge in [0.05, 0.1) is 12.3 Å². The Morgan fingerprint density at radius 1 is 1.29 bits per heavy atom. The molecule has 0 radical (unpaired) electrons. The van der Waals surface area contributed by atoms with Gasteiger partial charge in [0, 0.05) is 6.20 Å². The average molecular weight is 324 g/mol. The van der Waals surface area contributed by atoms with E-state index in [9.17, 15) is 9.90 Å². The highest BCUT2D eigenvalue weighted by Crippen LogP contribution is 2.27. The van der Waals surface area contributed by atoms with Crippen LogP contribution in [0.25, 0.3) is 5.65 Å². The number of carbonyl (C=O) groups is 1. The molecule has 7 nitrogen and oxygen atoms in total. The van der Waals surface area contributed by atoms with Gasteiger partial charge >= 0.3 is 5.97 Å². The van der Waals surface area contributed by atoms with Crippen LogP contribution in [-0.2, 0) is 4.74 Å². The summed E-state index contributed by atoms with van der Waals surface area (Å²) in [6.45, 7) is 3.80. The molecule has 24 heavy (non-hydrogen) atoms. The van der Waals surface area contributed by atoms with Crippen LogP contribution in [0.15, 0.2) is 52.8 Å². The first-order chi connectivity index (χ1) is 11.6. The normalized spacial score (nSPS) is 11.2. The lowest BCUT2D eigenvalue weighted by Crippen LogP contribution is -2.05. The monoisotopic (exact) mass is 324 g/mol. The minimum absolute atomic E-state index is 0.114. The van der Waals surface area contributed by atoms with Gasteiger partial charge < -0.3 is 9.84 Å². The number of nitrogens with zero attached hydrogens (tertiary/aromatic N) is 4. The second kappa shape index (κ2) is 6.49. The lowest BCUT2D eigenvalue weighted by molar-refractivity contribution is 0.0521. The van der Waals surface area contributed by atoms with Crippen molar-refractivity contribution in [1.82, 2.24) is 9.38 Å². The molecule has 0 amide bonds. The minimum Gasteiger partial charge on any atom is -0.508 e. The average Bonchev–Trinajstić information content (AvgIpc) is 2.93. The zero-order valence-corrected chi connectivity index (χ0v) is 13.3. The highest BCUT2D eigenvalue weighted by molar-refractivity contribution is 5.93. The van der Waals surface area contributed by atoms with E-state index < -0.39 is 5.97 Å². The number of pyridine rings is 1. The van der Waals surface area contributed by atoms with Gasteiger partial charge in [-0.25, -0.2) is 9.78 Å². The first-order valence-electron chi connectivity index (χ1n) is 7.45. The van der Waals surface area contributed by atoms with Crippen LogP contribution in [0.3, 0.4) is 0 Å². The molecule has 0 spiro atoms. The SMILES string of the molecule is CCOC(=O)c1nc2ccccn2c1N=Nc1ccc(O)cc1C. The van der Waals surface area contributed by atoms with E-state index in [-0.39, 0.29) is 18.1 Å². The Bertz CT molecular complexity index is 931. The number of phenolic OH excluding ortho intramolecular Hbond substituents is 1. The van der Waals surface area contributed by atoms with E-state index >= 15 is 0 Å². The number of carbonyl (C=O) groups excluding carboxylic acids is 1. The van der Waals surface area contributed by atoms with Crippen LogP contribution in [0.2, 0.25) is 0 Å². The standard InChI is InChI=1S/C17H16N4O3/c1-3-24-17(23)15-16(21-9-5-4-6-14(21)18-15)20-19-13-8-7-12(22)10-11(13)2/h4-10,22H,3H2,1-2H3. The summed E-state index contributed by atoms with van der Waals surface area (Å²) in [6.07, 6.45) is 1.75. The molecule has 122 valence electrons. The highest BCUT2D eigenvalue weighted by atomic mass is 16.5. The lowest BCUT2D eigenvalue weighted by Gasteiger charge is -2.01. The van der Waals surface area contributed by atoms with Gasteiger partial charge in [0.25, 0.3) is 0 Å². The Kier molecular flexibility index (Phi) is 4.24. The summed E-state index contributed by atoms with van der Waals surface area (Å²) in [4.78, 5) is 16.4. The van der Waals surface area contributed by atoms with E-state index in [0.717, 1.165) is 5.56 Å². The maximum absolute atomic E-state index is 12.1. The number of aryl methyl sites for hydroxylation is 1. The zero-order valence-electron chi connectivity index (χ0n) is 13.3. The maximum atomic E-state index is 12.1. The molecule has 3 rings (SSSR count). The second-order valence-electron chi connectivity index (χ2n) is 5.10. The number of phenols is 1. The number of benzene rings is 1. The first-order valence-corrected chi connectivity index (χ1v) is 7.45. The fraction of sp³-hybridized carbons (Fsp3) is 0.176. The number of esters is 1. The van der Waals surface area contributed by atoms with Crippen LogP contribution in [0.5, 0.6) is 5.75 Å². The minimum atomic E-state index is -0.544. The van der Waals surface area contributed by atoms with Crippen molar-refractivity contribution in [2.24, 2.45) is 10.2 Å². The number of rotatable bonds is 4. The zero-order chi connectivity index (χ0) is 17.1. The summed E-state index contributed by atoms with van der Waals surface area (Å²) in [5.74, 6) is -0.0810. The molecule has 2 heterocycles. The van der Waals surface area contributed by atoms with Crippen molar-refractivity contribution in [2.45, 2.75) is 13.8 Å². The molecule has 0 aliphatic rings. The van der Waals surface area contributed by atoms with Gasteiger partial charge in [0.1, 0.15) is 11.4 Å².